The van der Waals surface area contributed by atoms with Gasteiger partial charge in [0.25, 0.3) is 5.91 Å². The minimum atomic E-state index is -0.673. The van der Waals surface area contributed by atoms with Crippen molar-refractivity contribution in [1.29, 1.82) is 0 Å². The number of amides is 1. The first-order valence-corrected chi connectivity index (χ1v) is 2.96. The third-order valence-electron chi connectivity index (χ3n) is 1.25. The SMILES string of the molecule is [CH2]c1ccc(=O)[nH]c1C(N)=O. The minimum Gasteiger partial charge on any atom is -0.364 e. The number of pyridine rings is 1. The van der Waals surface area contributed by atoms with Crippen molar-refractivity contribution in [3.05, 3.63) is 40.7 Å². The van der Waals surface area contributed by atoms with Gasteiger partial charge in [-0.3, -0.25) is 9.59 Å². The fraction of sp³-hybridized carbons (Fsp3) is 0. The lowest BCUT2D eigenvalue weighted by atomic mass is 10.2. The van der Waals surface area contributed by atoms with E-state index in [9.17, 15) is 9.59 Å². The molecule has 1 amide bonds. The third kappa shape index (κ3) is 1.46. The standard InChI is InChI=1S/C7H7N2O2/c1-4-2-3-5(10)9-6(4)7(8)11/h2-3H,1H2,(H2,8,11)(H,9,10). The van der Waals surface area contributed by atoms with Crippen molar-refractivity contribution in [2.45, 2.75) is 0 Å². The van der Waals surface area contributed by atoms with Gasteiger partial charge in [-0.05, 0) is 12.5 Å². The van der Waals surface area contributed by atoms with Crippen LogP contribution in [0.5, 0.6) is 0 Å². The fourth-order valence-corrected chi connectivity index (χ4v) is 0.725. The molecule has 0 fully saturated rings. The molecule has 1 aromatic rings. The molecule has 3 N–H and O–H groups in total. The van der Waals surface area contributed by atoms with E-state index in [1.165, 1.54) is 12.1 Å². The van der Waals surface area contributed by atoms with Crippen LogP contribution in [-0.2, 0) is 0 Å². The zero-order chi connectivity index (χ0) is 8.43. The Morgan fingerprint density at radius 1 is 1.55 bits per heavy atom. The van der Waals surface area contributed by atoms with Gasteiger partial charge in [-0.1, -0.05) is 6.07 Å². The summed E-state index contributed by atoms with van der Waals surface area (Å²) in [6.45, 7) is 3.51. The Morgan fingerprint density at radius 3 is 2.64 bits per heavy atom. The molecular weight excluding hydrogens is 144 g/mol. The molecule has 0 bridgehead atoms. The van der Waals surface area contributed by atoms with Crippen LogP contribution >= 0.6 is 0 Å². The van der Waals surface area contributed by atoms with Gasteiger partial charge in [0.05, 0.1) is 0 Å². The normalized spacial score (nSPS) is 9.55. The van der Waals surface area contributed by atoms with Crippen molar-refractivity contribution in [3.63, 3.8) is 0 Å². The van der Waals surface area contributed by atoms with E-state index < -0.39 is 5.91 Å². The molecule has 57 valence electrons. The van der Waals surface area contributed by atoms with E-state index in [1.807, 2.05) is 0 Å². The van der Waals surface area contributed by atoms with Crippen LogP contribution in [0.3, 0.4) is 0 Å². The number of aromatic nitrogens is 1. The Bertz CT molecular complexity index is 341. The van der Waals surface area contributed by atoms with E-state index in [1.54, 1.807) is 0 Å². The van der Waals surface area contributed by atoms with Gasteiger partial charge in [-0.2, -0.15) is 0 Å². The van der Waals surface area contributed by atoms with Crippen LogP contribution in [0.4, 0.5) is 0 Å². The lowest BCUT2D eigenvalue weighted by molar-refractivity contribution is 0.0995. The lowest BCUT2D eigenvalue weighted by Crippen LogP contribution is -2.19. The number of hydrogen-bond acceptors (Lipinski definition) is 2. The number of aromatic amines is 1. The summed E-state index contributed by atoms with van der Waals surface area (Å²) >= 11 is 0. The molecule has 0 spiro atoms. The van der Waals surface area contributed by atoms with Crippen LogP contribution < -0.4 is 11.3 Å². The number of primary amides is 1. The van der Waals surface area contributed by atoms with Crippen LogP contribution in [0.2, 0.25) is 0 Å². The highest BCUT2D eigenvalue weighted by molar-refractivity contribution is 5.92. The molecule has 0 unspecified atom stereocenters. The summed E-state index contributed by atoms with van der Waals surface area (Å²) in [5.74, 6) is -0.673. The Balaban J connectivity index is 3.35. The lowest BCUT2D eigenvalue weighted by Gasteiger charge is -1.97. The van der Waals surface area contributed by atoms with Gasteiger partial charge < -0.3 is 10.7 Å². The molecule has 11 heavy (non-hydrogen) atoms. The van der Waals surface area contributed by atoms with Crippen LogP contribution in [0.25, 0.3) is 0 Å². The number of nitrogens with one attached hydrogen (secondary N) is 1. The summed E-state index contributed by atoms with van der Waals surface area (Å²) in [7, 11) is 0. The molecule has 0 aliphatic heterocycles. The van der Waals surface area contributed by atoms with E-state index in [-0.39, 0.29) is 11.3 Å². The second-order valence-electron chi connectivity index (χ2n) is 2.09. The smallest absolute Gasteiger partial charge is 0.265 e. The molecule has 1 radical (unpaired) electrons. The van der Waals surface area contributed by atoms with Crippen molar-refractivity contribution in [2.24, 2.45) is 5.73 Å². The maximum atomic E-state index is 10.7. The van der Waals surface area contributed by atoms with Crippen molar-refractivity contribution >= 4 is 5.91 Å². The zero-order valence-electron chi connectivity index (χ0n) is 5.76. The predicted octanol–water partition coefficient (Wildman–Crippen LogP) is -0.344. The molecule has 0 saturated heterocycles. The average molecular weight is 151 g/mol. The van der Waals surface area contributed by atoms with Crippen molar-refractivity contribution in [3.8, 4) is 0 Å². The molecule has 1 aromatic heterocycles. The van der Waals surface area contributed by atoms with E-state index >= 15 is 0 Å². The van der Waals surface area contributed by atoms with Gasteiger partial charge >= 0.3 is 0 Å². The van der Waals surface area contributed by atoms with E-state index in [0.29, 0.717) is 5.56 Å². The number of hydrogen-bond donors (Lipinski definition) is 2. The first kappa shape index (κ1) is 7.53. The number of carbonyl (C=O) groups is 1. The first-order valence-electron chi connectivity index (χ1n) is 2.96. The van der Waals surface area contributed by atoms with Gasteiger partial charge in [0.1, 0.15) is 5.69 Å². The Hall–Kier alpha value is -1.58. The average Bonchev–Trinajstić information content (AvgIpc) is 1.94. The Labute approximate surface area is 63.0 Å². The molecule has 0 atom stereocenters. The highest BCUT2D eigenvalue weighted by Crippen LogP contribution is 1.97. The molecule has 4 heteroatoms. The monoisotopic (exact) mass is 151 g/mol. The summed E-state index contributed by atoms with van der Waals surface area (Å²) in [5, 5.41) is 0. The third-order valence-corrected chi connectivity index (χ3v) is 1.25. The molecule has 1 heterocycles. The van der Waals surface area contributed by atoms with Crippen molar-refractivity contribution in [2.75, 3.05) is 0 Å². The number of rotatable bonds is 1. The summed E-state index contributed by atoms with van der Waals surface area (Å²) in [4.78, 5) is 23.5. The highest BCUT2D eigenvalue weighted by Gasteiger charge is 2.03. The second-order valence-corrected chi connectivity index (χ2v) is 2.09. The van der Waals surface area contributed by atoms with Gasteiger partial charge in [0.2, 0.25) is 5.56 Å². The minimum absolute atomic E-state index is 0.0671. The summed E-state index contributed by atoms with van der Waals surface area (Å²) < 4.78 is 0. The topological polar surface area (TPSA) is 75.9 Å². The second kappa shape index (κ2) is 2.57. The van der Waals surface area contributed by atoms with Gasteiger partial charge in [0.15, 0.2) is 0 Å². The van der Waals surface area contributed by atoms with Crippen molar-refractivity contribution in [1.82, 2.24) is 4.98 Å². The molecule has 0 aromatic carbocycles. The quantitative estimate of drug-likeness (QED) is 0.575. The zero-order valence-corrected chi connectivity index (χ0v) is 5.76. The fourth-order valence-electron chi connectivity index (χ4n) is 0.725. The first-order chi connectivity index (χ1) is 5.11. The number of H-pyrrole nitrogens is 1. The molecule has 0 aliphatic carbocycles. The Morgan fingerprint density at radius 2 is 2.18 bits per heavy atom. The maximum Gasteiger partial charge on any atom is 0.265 e. The largest absolute Gasteiger partial charge is 0.364 e. The molecular formula is C7H7N2O2. The molecule has 0 aliphatic rings. The van der Waals surface area contributed by atoms with Gasteiger partial charge in [-0.15, -0.1) is 0 Å². The molecule has 4 nitrogen and oxygen atoms in total. The van der Waals surface area contributed by atoms with Crippen LogP contribution in [0.15, 0.2) is 16.9 Å². The predicted molar refractivity (Wildman–Crippen MR) is 40.0 cm³/mol. The van der Waals surface area contributed by atoms with Crippen LogP contribution in [0, 0.1) is 6.92 Å². The van der Waals surface area contributed by atoms with E-state index in [0.717, 1.165) is 0 Å². The molecule has 0 saturated carbocycles. The van der Waals surface area contributed by atoms with Crippen LogP contribution in [0.1, 0.15) is 16.1 Å². The van der Waals surface area contributed by atoms with Crippen LogP contribution in [-0.4, -0.2) is 10.9 Å². The van der Waals surface area contributed by atoms with E-state index in [2.05, 4.69) is 11.9 Å². The van der Waals surface area contributed by atoms with Crippen molar-refractivity contribution < 1.29 is 4.79 Å². The Kier molecular flexibility index (Phi) is 1.76. The maximum absolute atomic E-state index is 10.7. The highest BCUT2D eigenvalue weighted by atomic mass is 16.1. The molecule has 1 rings (SSSR count). The number of nitrogens with two attached hydrogens (primary N) is 1. The summed E-state index contributed by atoms with van der Waals surface area (Å²) in [6, 6.07) is 2.73. The summed E-state index contributed by atoms with van der Waals surface area (Å²) in [6.07, 6.45) is 0. The summed E-state index contributed by atoms with van der Waals surface area (Å²) in [5.41, 5.74) is 5.07. The van der Waals surface area contributed by atoms with Gasteiger partial charge in [-0.25, -0.2) is 0 Å². The number of carbonyl (C=O) groups excluding carboxylic acids is 1. The van der Waals surface area contributed by atoms with Gasteiger partial charge in [0, 0.05) is 6.07 Å². The van der Waals surface area contributed by atoms with E-state index in [4.69, 9.17) is 5.73 Å².